The average molecular weight is 332 g/mol. The highest BCUT2D eigenvalue weighted by atomic mass is 79.9. The fourth-order valence-corrected chi connectivity index (χ4v) is 3.88. The Labute approximate surface area is 115 Å². The van der Waals surface area contributed by atoms with Gasteiger partial charge in [-0.2, -0.15) is 0 Å². The minimum absolute atomic E-state index is 0.349. The third-order valence-electron chi connectivity index (χ3n) is 3.32. The van der Waals surface area contributed by atoms with Gasteiger partial charge >= 0.3 is 0 Å². The summed E-state index contributed by atoms with van der Waals surface area (Å²) in [5.41, 5.74) is 0.797. The molecule has 1 fully saturated rings. The summed E-state index contributed by atoms with van der Waals surface area (Å²) in [5.74, 6) is -0.349. The fourth-order valence-electron chi connectivity index (χ4n) is 1.95. The van der Waals surface area contributed by atoms with Crippen molar-refractivity contribution in [3.63, 3.8) is 0 Å². The van der Waals surface area contributed by atoms with Crippen molar-refractivity contribution in [1.82, 2.24) is 4.31 Å². The van der Waals surface area contributed by atoms with Crippen LogP contribution in [0.3, 0.4) is 0 Å². The summed E-state index contributed by atoms with van der Waals surface area (Å²) in [4.78, 5) is 11.9. The van der Waals surface area contributed by atoms with Gasteiger partial charge in [0.25, 0.3) is 15.9 Å². The Balaban J connectivity index is 2.35. The number of sulfonamides is 1. The van der Waals surface area contributed by atoms with E-state index in [0.717, 1.165) is 14.3 Å². The highest BCUT2D eigenvalue weighted by Crippen LogP contribution is 2.41. The fraction of sp³-hybridized carbons (Fsp3) is 0.417. The molecule has 0 radical (unpaired) electrons. The standard InChI is InChI=1S/C12H14BrNO3S/c1-8(9-4-6-10(13)7-5-9)14-11(15)12(2,3)18(14,16)17/h4-8H,1-3H3. The molecule has 0 spiro atoms. The van der Waals surface area contributed by atoms with E-state index in [-0.39, 0.29) is 5.91 Å². The van der Waals surface area contributed by atoms with E-state index < -0.39 is 20.8 Å². The van der Waals surface area contributed by atoms with Crippen LogP contribution in [0.25, 0.3) is 0 Å². The lowest BCUT2D eigenvalue weighted by Gasteiger charge is -2.46. The smallest absolute Gasteiger partial charge is 0.259 e. The highest BCUT2D eigenvalue weighted by Gasteiger charge is 2.61. The molecule has 98 valence electrons. The van der Waals surface area contributed by atoms with Crippen LogP contribution in [-0.2, 0) is 14.8 Å². The Bertz CT molecular complexity index is 592. The van der Waals surface area contributed by atoms with E-state index in [0.29, 0.717) is 0 Å². The van der Waals surface area contributed by atoms with E-state index in [1.54, 1.807) is 6.92 Å². The van der Waals surface area contributed by atoms with Crippen LogP contribution >= 0.6 is 15.9 Å². The third-order valence-corrected chi connectivity index (χ3v) is 6.32. The number of halogens is 1. The van der Waals surface area contributed by atoms with E-state index in [4.69, 9.17) is 0 Å². The molecule has 1 aliphatic rings. The number of carbonyl (C=O) groups excluding carboxylic acids is 1. The van der Waals surface area contributed by atoms with E-state index in [1.807, 2.05) is 24.3 Å². The van der Waals surface area contributed by atoms with Gasteiger partial charge in [-0.3, -0.25) is 4.79 Å². The molecule has 0 saturated carbocycles. The van der Waals surface area contributed by atoms with Crippen LogP contribution < -0.4 is 0 Å². The summed E-state index contributed by atoms with van der Waals surface area (Å²) in [6.45, 7) is 4.60. The van der Waals surface area contributed by atoms with Crippen molar-refractivity contribution in [2.75, 3.05) is 0 Å². The number of rotatable bonds is 2. The maximum Gasteiger partial charge on any atom is 0.259 e. The summed E-state index contributed by atoms with van der Waals surface area (Å²) in [5, 5.41) is 0. The van der Waals surface area contributed by atoms with Crippen molar-refractivity contribution in [2.24, 2.45) is 0 Å². The van der Waals surface area contributed by atoms with Gasteiger partial charge in [0.15, 0.2) is 4.75 Å². The number of carbonyl (C=O) groups is 1. The highest BCUT2D eigenvalue weighted by molar-refractivity contribution is 9.10. The molecular formula is C12H14BrNO3S. The molecule has 0 aromatic heterocycles. The van der Waals surface area contributed by atoms with Gasteiger partial charge in [0.2, 0.25) is 0 Å². The summed E-state index contributed by atoms with van der Waals surface area (Å²) in [6, 6.07) is 6.80. The Morgan fingerprint density at radius 1 is 1.22 bits per heavy atom. The lowest BCUT2D eigenvalue weighted by atomic mass is 10.1. The molecule has 4 nitrogen and oxygen atoms in total. The zero-order chi connectivity index (χ0) is 13.7. The topological polar surface area (TPSA) is 54.5 Å². The Kier molecular flexibility index (Phi) is 3.06. The summed E-state index contributed by atoms with van der Waals surface area (Å²) < 4.78 is 24.7. The lowest BCUT2D eigenvalue weighted by molar-refractivity contribution is -0.133. The SMILES string of the molecule is CC(c1ccc(Br)cc1)N1C(=O)C(C)(C)S1(=O)=O. The number of nitrogens with zero attached hydrogens (tertiary/aromatic N) is 1. The molecule has 0 aliphatic carbocycles. The van der Waals surface area contributed by atoms with E-state index in [9.17, 15) is 13.2 Å². The molecule has 1 saturated heterocycles. The van der Waals surface area contributed by atoms with Crippen LogP contribution in [0.4, 0.5) is 0 Å². The second kappa shape index (κ2) is 4.06. The van der Waals surface area contributed by atoms with Crippen LogP contribution in [-0.4, -0.2) is 23.4 Å². The van der Waals surface area contributed by atoms with Gasteiger partial charge in [0.1, 0.15) is 0 Å². The zero-order valence-corrected chi connectivity index (χ0v) is 12.7. The second-order valence-electron chi connectivity index (χ2n) is 4.84. The maximum atomic E-state index is 12.1. The molecule has 0 N–H and O–H groups in total. The third kappa shape index (κ3) is 1.70. The van der Waals surface area contributed by atoms with Crippen molar-refractivity contribution in [3.05, 3.63) is 34.3 Å². The van der Waals surface area contributed by atoms with E-state index in [2.05, 4.69) is 15.9 Å². The first-order valence-corrected chi connectivity index (χ1v) is 7.77. The largest absolute Gasteiger partial charge is 0.272 e. The van der Waals surface area contributed by atoms with Gasteiger partial charge in [-0.25, -0.2) is 12.7 Å². The minimum atomic E-state index is -3.54. The van der Waals surface area contributed by atoms with Crippen molar-refractivity contribution in [2.45, 2.75) is 31.6 Å². The summed E-state index contributed by atoms with van der Waals surface area (Å²) in [7, 11) is -3.54. The molecule has 6 heteroatoms. The Morgan fingerprint density at radius 3 is 2.17 bits per heavy atom. The summed E-state index contributed by atoms with van der Waals surface area (Å²) in [6.07, 6.45) is 0. The average Bonchev–Trinajstić information content (AvgIpc) is 2.29. The Hall–Kier alpha value is -0.880. The van der Waals surface area contributed by atoms with Gasteiger partial charge < -0.3 is 0 Å². The quantitative estimate of drug-likeness (QED) is 0.836. The number of amides is 1. The molecule has 1 aromatic carbocycles. The van der Waals surface area contributed by atoms with Crippen molar-refractivity contribution in [1.29, 1.82) is 0 Å². The number of hydrogen-bond acceptors (Lipinski definition) is 3. The van der Waals surface area contributed by atoms with Gasteiger partial charge in [0, 0.05) is 4.47 Å². The molecule has 1 aliphatic heterocycles. The van der Waals surface area contributed by atoms with Crippen LogP contribution in [0, 0.1) is 0 Å². The lowest BCUT2D eigenvalue weighted by Crippen LogP contribution is -2.67. The predicted octanol–water partition coefficient (Wildman–Crippen LogP) is 2.46. The molecule has 2 rings (SSSR count). The number of hydrogen-bond donors (Lipinski definition) is 0. The van der Waals surface area contributed by atoms with Crippen LogP contribution in [0.15, 0.2) is 28.7 Å². The van der Waals surface area contributed by atoms with Crippen LogP contribution in [0.5, 0.6) is 0 Å². The molecular weight excluding hydrogens is 318 g/mol. The van der Waals surface area contributed by atoms with Crippen LogP contribution in [0.2, 0.25) is 0 Å². The van der Waals surface area contributed by atoms with Crippen molar-refractivity contribution < 1.29 is 13.2 Å². The van der Waals surface area contributed by atoms with E-state index in [1.165, 1.54) is 13.8 Å². The van der Waals surface area contributed by atoms with Gasteiger partial charge in [-0.15, -0.1) is 0 Å². The predicted molar refractivity (Wildman–Crippen MR) is 72.4 cm³/mol. The van der Waals surface area contributed by atoms with Crippen molar-refractivity contribution >= 4 is 31.9 Å². The first-order chi connectivity index (χ1) is 8.19. The zero-order valence-electron chi connectivity index (χ0n) is 10.3. The van der Waals surface area contributed by atoms with Crippen molar-refractivity contribution in [3.8, 4) is 0 Å². The normalized spacial score (nSPS) is 22.4. The molecule has 1 atom stereocenters. The molecule has 1 amide bonds. The molecule has 0 bridgehead atoms. The Morgan fingerprint density at radius 2 is 1.72 bits per heavy atom. The molecule has 1 unspecified atom stereocenters. The monoisotopic (exact) mass is 331 g/mol. The maximum absolute atomic E-state index is 12.1. The van der Waals surface area contributed by atoms with Crippen LogP contribution in [0.1, 0.15) is 32.4 Å². The van der Waals surface area contributed by atoms with Gasteiger partial charge in [-0.1, -0.05) is 28.1 Å². The molecule has 1 aromatic rings. The van der Waals surface area contributed by atoms with Gasteiger partial charge in [-0.05, 0) is 38.5 Å². The first kappa shape index (κ1) is 13.5. The first-order valence-electron chi connectivity index (χ1n) is 5.53. The van der Waals surface area contributed by atoms with Gasteiger partial charge in [0.05, 0.1) is 6.04 Å². The second-order valence-corrected chi connectivity index (χ2v) is 8.12. The number of benzene rings is 1. The summed E-state index contributed by atoms with van der Waals surface area (Å²) >= 11 is 3.32. The minimum Gasteiger partial charge on any atom is -0.272 e. The molecule has 18 heavy (non-hydrogen) atoms. The molecule has 1 heterocycles. The van der Waals surface area contributed by atoms with E-state index >= 15 is 0 Å².